The van der Waals surface area contributed by atoms with Crippen molar-refractivity contribution in [3.63, 3.8) is 0 Å². The van der Waals surface area contributed by atoms with Crippen molar-refractivity contribution < 1.29 is 9.18 Å². The van der Waals surface area contributed by atoms with Gasteiger partial charge in [0.15, 0.2) is 0 Å². The number of halogens is 1. The van der Waals surface area contributed by atoms with Gasteiger partial charge in [0.05, 0.1) is 11.3 Å². The van der Waals surface area contributed by atoms with Crippen LogP contribution in [0.15, 0.2) is 60.9 Å². The maximum absolute atomic E-state index is 13.6. The normalized spacial score (nSPS) is 10.3. The summed E-state index contributed by atoms with van der Waals surface area (Å²) in [6.07, 6.45) is 3.76. The van der Waals surface area contributed by atoms with Crippen molar-refractivity contribution in [3.8, 4) is 0 Å². The number of anilines is 3. The van der Waals surface area contributed by atoms with Crippen LogP contribution in [0.4, 0.5) is 21.7 Å². The quantitative estimate of drug-likeness (QED) is 0.734. The summed E-state index contributed by atoms with van der Waals surface area (Å²) >= 11 is 0. The SMILES string of the molecule is CCc1ccc(Nc2ncc(C(=O)Nc3ccccc3F)cn2)cc1. The number of para-hydroxylation sites is 1. The lowest BCUT2D eigenvalue weighted by molar-refractivity contribution is 0.102. The summed E-state index contributed by atoms with van der Waals surface area (Å²) in [5.74, 6) is -0.582. The summed E-state index contributed by atoms with van der Waals surface area (Å²) in [5, 5.41) is 5.56. The van der Waals surface area contributed by atoms with Crippen LogP contribution in [0.1, 0.15) is 22.8 Å². The number of hydrogen-bond acceptors (Lipinski definition) is 4. The first-order valence-electron chi connectivity index (χ1n) is 7.89. The molecule has 5 nitrogen and oxygen atoms in total. The summed E-state index contributed by atoms with van der Waals surface area (Å²) in [7, 11) is 0. The number of aromatic nitrogens is 2. The van der Waals surface area contributed by atoms with Crippen molar-refractivity contribution in [3.05, 3.63) is 77.9 Å². The van der Waals surface area contributed by atoms with E-state index in [2.05, 4.69) is 27.5 Å². The van der Waals surface area contributed by atoms with Gasteiger partial charge in [0, 0.05) is 18.1 Å². The highest BCUT2D eigenvalue weighted by Crippen LogP contribution is 2.16. The Morgan fingerprint density at radius 3 is 2.36 bits per heavy atom. The molecule has 1 amide bonds. The standard InChI is InChI=1S/C19H17FN4O/c1-2-13-7-9-15(10-8-13)23-19-21-11-14(12-22-19)18(25)24-17-6-4-3-5-16(17)20/h3-12H,2H2,1H3,(H,24,25)(H,21,22,23). The first kappa shape index (κ1) is 16.6. The van der Waals surface area contributed by atoms with E-state index in [1.165, 1.54) is 30.1 Å². The van der Waals surface area contributed by atoms with Crippen LogP contribution in [0.5, 0.6) is 0 Å². The maximum Gasteiger partial charge on any atom is 0.258 e. The lowest BCUT2D eigenvalue weighted by atomic mass is 10.1. The van der Waals surface area contributed by atoms with Crippen LogP contribution < -0.4 is 10.6 Å². The van der Waals surface area contributed by atoms with Gasteiger partial charge in [0.1, 0.15) is 5.82 Å². The summed E-state index contributed by atoms with van der Waals surface area (Å²) in [6, 6.07) is 13.9. The Balaban J connectivity index is 1.67. The number of carbonyl (C=O) groups is 1. The number of carbonyl (C=O) groups excluding carboxylic acids is 1. The number of rotatable bonds is 5. The molecule has 0 aliphatic rings. The van der Waals surface area contributed by atoms with E-state index in [4.69, 9.17) is 0 Å². The molecule has 0 bridgehead atoms. The van der Waals surface area contributed by atoms with Crippen molar-refractivity contribution in [2.24, 2.45) is 0 Å². The number of aryl methyl sites for hydroxylation is 1. The van der Waals surface area contributed by atoms with Crippen LogP contribution in [0.25, 0.3) is 0 Å². The van der Waals surface area contributed by atoms with Gasteiger partial charge in [-0.1, -0.05) is 31.2 Å². The number of amides is 1. The number of hydrogen-bond donors (Lipinski definition) is 2. The monoisotopic (exact) mass is 336 g/mol. The lowest BCUT2D eigenvalue weighted by Crippen LogP contribution is -2.14. The van der Waals surface area contributed by atoms with Gasteiger partial charge >= 0.3 is 0 Å². The zero-order chi connectivity index (χ0) is 17.6. The molecule has 0 radical (unpaired) electrons. The number of nitrogens with zero attached hydrogens (tertiary/aromatic N) is 2. The molecule has 0 saturated heterocycles. The van der Waals surface area contributed by atoms with E-state index in [1.54, 1.807) is 12.1 Å². The summed E-state index contributed by atoms with van der Waals surface area (Å²) in [6.45, 7) is 2.09. The van der Waals surface area contributed by atoms with Gasteiger partial charge in [-0.2, -0.15) is 0 Å². The molecule has 2 aromatic carbocycles. The minimum atomic E-state index is -0.495. The molecule has 0 aliphatic carbocycles. The van der Waals surface area contributed by atoms with Crippen LogP contribution in [0, 0.1) is 5.82 Å². The minimum absolute atomic E-state index is 0.116. The zero-order valence-electron chi connectivity index (χ0n) is 13.7. The van der Waals surface area contributed by atoms with Crippen molar-refractivity contribution in [2.45, 2.75) is 13.3 Å². The highest BCUT2D eigenvalue weighted by atomic mass is 19.1. The van der Waals surface area contributed by atoms with Gasteiger partial charge in [0.2, 0.25) is 5.95 Å². The van der Waals surface area contributed by atoms with E-state index in [-0.39, 0.29) is 11.3 Å². The van der Waals surface area contributed by atoms with E-state index in [9.17, 15) is 9.18 Å². The highest BCUT2D eigenvalue weighted by Gasteiger charge is 2.10. The molecule has 25 heavy (non-hydrogen) atoms. The third-order valence-electron chi connectivity index (χ3n) is 3.65. The van der Waals surface area contributed by atoms with Gasteiger partial charge in [-0.25, -0.2) is 14.4 Å². The predicted molar refractivity (Wildman–Crippen MR) is 95.5 cm³/mol. The average Bonchev–Trinajstić information content (AvgIpc) is 2.65. The topological polar surface area (TPSA) is 66.9 Å². The van der Waals surface area contributed by atoms with Gasteiger partial charge in [0.25, 0.3) is 5.91 Å². The highest BCUT2D eigenvalue weighted by molar-refractivity contribution is 6.03. The second-order valence-corrected chi connectivity index (χ2v) is 5.40. The smallest absolute Gasteiger partial charge is 0.258 e. The minimum Gasteiger partial charge on any atom is -0.324 e. The molecule has 126 valence electrons. The van der Waals surface area contributed by atoms with E-state index in [0.29, 0.717) is 5.95 Å². The Bertz CT molecular complexity index is 863. The first-order chi connectivity index (χ1) is 12.2. The van der Waals surface area contributed by atoms with E-state index in [0.717, 1.165) is 12.1 Å². The summed E-state index contributed by atoms with van der Waals surface area (Å²) in [5.41, 5.74) is 2.47. The second-order valence-electron chi connectivity index (χ2n) is 5.40. The maximum atomic E-state index is 13.6. The van der Waals surface area contributed by atoms with Crippen LogP contribution in [-0.2, 0) is 6.42 Å². The molecule has 0 saturated carbocycles. The van der Waals surface area contributed by atoms with E-state index < -0.39 is 11.7 Å². The Morgan fingerprint density at radius 1 is 1.04 bits per heavy atom. The molecule has 2 N–H and O–H groups in total. The Morgan fingerprint density at radius 2 is 1.72 bits per heavy atom. The second kappa shape index (κ2) is 7.53. The summed E-state index contributed by atoms with van der Waals surface area (Å²) in [4.78, 5) is 20.4. The Labute approximate surface area is 145 Å². The Hall–Kier alpha value is -3.28. The van der Waals surface area contributed by atoms with E-state index in [1.807, 2.05) is 24.3 Å². The van der Waals surface area contributed by atoms with Gasteiger partial charge < -0.3 is 10.6 Å². The van der Waals surface area contributed by atoms with Crippen LogP contribution in [0.3, 0.4) is 0 Å². The van der Waals surface area contributed by atoms with Gasteiger partial charge in [-0.05, 0) is 36.2 Å². The van der Waals surface area contributed by atoms with E-state index >= 15 is 0 Å². The molecular formula is C19H17FN4O. The third kappa shape index (κ3) is 4.17. The molecule has 3 aromatic rings. The Kier molecular flexibility index (Phi) is 4.99. The van der Waals surface area contributed by atoms with Crippen molar-refractivity contribution >= 4 is 23.2 Å². The van der Waals surface area contributed by atoms with Crippen LogP contribution in [-0.4, -0.2) is 15.9 Å². The fourth-order valence-electron chi connectivity index (χ4n) is 2.22. The molecule has 0 aliphatic heterocycles. The van der Waals surface area contributed by atoms with Gasteiger partial charge in [-0.3, -0.25) is 4.79 Å². The molecule has 6 heteroatoms. The summed E-state index contributed by atoms with van der Waals surface area (Å²) < 4.78 is 13.6. The van der Waals surface area contributed by atoms with Crippen molar-refractivity contribution in [1.82, 2.24) is 9.97 Å². The molecule has 0 atom stereocenters. The zero-order valence-corrected chi connectivity index (χ0v) is 13.7. The van der Waals surface area contributed by atoms with Gasteiger partial charge in [-0.15, -0.1) is 0 Å². The largest absolute Gasteiger partial charge is 0.324 e. The molecule has 0 fully saturated rings. The molecule has 1 heterocycles. The fraction of sp³-hybridized carbons (Fsp3) is 0.105. The fourth-order valence-corrected chi connectivity index (χ4v) is 2.22. The predicted octanol–water partition coefficient (Wildman–Crippen LogP) is 4.17. The number of benzene rings is 2. The van der Waals surface area contributed by atoms with Crippen LogP contribution >= 0.6 is 0 Å². The molecular weight excluding hydrogens is 319 g/mol. The molecule has 1 aromatic heterocycles. The molecule has 0 unspecified atom stereocenters. The lowest BCUT2D eigenvalue weighted by Gasteiger charge is -2.07. The first-order valence-corrected chi connectivity index (χ1v) is 7.89. The van der Waals surface area contributed by atoms with Crippen LogP contribution in [0.2, 0.25) is 0 Å². The van der Waals surface area contributed by atoms with Crippen molar-refractivity contribution in [1.29, 1.82) is 0 Å². The average molecular weight is 336 g/mol. The molecule has 3 rings (SSSR count). The van der Waals surface area contributed by atoms with Crippen molar-refractivity contribution in [2.75, 3.05) is 10.6 Å². The third-order valence-corrected chi connectivity index (χ3v) is 3.65. The number of nitrogens with one attached hydrogen (secondary N) is 2. The molecule has 0 spiro atoms.